The fourth-order valence-electron chi connectivity index (χ4n) is 3.08. The third kappa shape index (κ3) is 2.85. The molecule has 20 heavy (non-hydrogen) atoms. The zero-order valence-corrected chi connectivity index (χ0v) is 11.7. The number of aromatic nitrogens is 2. The van der Waals surface area contributed by atoms with Gasteiger partial charge < -0.3 is 11.1 Å². The van der Waals surface area contributed by atoms with Gasteiger partial charge >= 0.3 is 0 Å². The van der Waals surface area contributed by atoms with E-state index in [2.05, 4.69) is 34.7 Å². The summed E-state index contributed by atoms with van der Waals surface area (Å²) in [6.45, 7) is 1.58. The second-order valence-electron chi connectivity index (χ2n) is 5.54. The smallest absolute Gasteiger partial charge is 0.0679 e. The van der Waals surface area contributed by atoms with Gasteiger partial charge in [-0.05, 0) is 43.0 Å². The fourth-order valence-corrected chi connectivity index (χ4v) is 3.08. The molecule has 0 aliphatic heterocycles. The van der Waals surface area contributed by atoms with Crippen LogP contribution >= 0.6 is 0 Å². The molecule has 4 nitrogen and oxygen atoms in total. The second-order valence-corrected chi connectivity index (χ2v) is 5.54. The number of hydrogen-bond acceptors (Lipinski definition) is 3. The first-order valence-corrected chi connectivity index (χ1v) is 7.39. The first-order chi connectivity index (χ1) is 9.86. The van der Waals surface area contributed by atoms with Crippen LogP contribution in [0.4, 0.5) is 5.69 Å². The molecule has 4 heteroatoms. The Morgan fingerprint density at radius 2 is 2.15 bits per heavy atom. The maximum atomic E-state index is 5.87. The van der Waals surface area contributed by atoms with E-state index < -0.39 is 0 Å². The number of para-hydroxylation sites is 1. The van der Waals surface area contributed by atoms with E-state index in [-0.39, 0.29) is 0 Å². The average Bonchev–Trinajstić information content (AvgIpc) is 3.12. The van der Waals surface area contributed by atoms with E-state index >= 15 is 0 Å². The van der Waals surface area contributed by atoms with E-state index in [0.717, 1.165) is 13.1 Å². The summed E-state index contributed by atoms with van der Waals surface area (Å²) in [5.74, 6) is 0.604. The second kappa shape index (κ2) is 6.09. The van der Waals surface area contributed by atoms with Crippen LogP contribution in [0.1, 0.15) is 24.8 Å². The van der Waals surface area contributed by atoms with Crippen molar-refractivity contribution in [1.29, 1.82) is 0 Å². The topological polar surface area (TPSA) is 55.9 Å². The fraction of sp³-hybridized carbons (Fsp3) is 0.438. The lowest BCUT2D eigenvalue weighted by Gasteiger charge is -2.22. The highest BCUT2D eigenvalue weighted by Gasteiger charge is 2.26. The van der Waals surface area contributed by atoms with Crippen LogP contribution in [-0.4, -0.2) is 22.4 Å². The van der Waals surface area contributed by atoms with Crippen LogP contribution < -0.4 is 11.1 Å². The third-order valence-corrected chi connectivity index (χ3v) is 4.21. The summed E-state index contributed by atoms with van der Waals surface area (Å²) < 4.78 is 1.95. The minimum Gasteiger partial charge on any atom is -0.382 e. The number of nitrogens with two attached hydrogens (primary N) is 1. The summed E-state index contributed by atoms with van der Waals surface area (Å²) >= 11 is 0. The van der Waals surface area contributed by atoms with Gasteiger partial charge in [-0.25, -0.2) is 0 Å². The highest BCUT2D eigenvalue weighted by molar-refractivity contribution is 5.52. The van der Waals surface area contributed by atoms with Crippen LogP contribution in [0.25, 0.3) is 0 Å². The third-order valence-electron chi connectivity index (χ3n) is 4.21. The predicted molar refractivity (Wildman–Crippen MR) is 81.6 cm³/mol. The van der Waals surface area contributed by atoms with Crippen LogP contribution in [0.2, 0.25) is 0 Å². The molecule has 3 N–H and O–H groups in total. The molecule has 1 aromatic heterocycles. The van der Waals surface area contributed by atoms with E-state index in [9.17, 15) is 0 Å². The molecule has 2 unspecified atom stereocenters. The minimum atomic E-state index is 0.513. The van der Waals surface area contributed by atoms with Gasteiger partial charge in [0, 0.05) is 24.1 Å². The molecule has 1 fully saturated rings. The van der Waals surface area contributed by atoms with Crippen molar-refractivity contribution in [2.24, 2.45) is 11.7 Å². The van der Waals surface area contributed by atoms with Crippen molar-refractivity contribution in [3.8, 4) is 0 Å². The van der Waals surface area contributed by atoms with Crippen molar-refractivity contribution in [3.05, 3.63) is 48.3 Å². The summed E-state index contributed by atoms with van der Waals surface area (Å²) in [4.78, 5) is 0. The first-order valence-electron chi connectivity index (χ1n) is 7.39. The Morgan fingerprint density at radius 1 is 1.25 bits per heavy atom. The van der Waals surface area contributed by atoms with Gasteiger partial charge in [-0.1, -0.05) is 24.6 Å². The zero-order chi connectivity index (χ0) is 13.8. The van der Waals surface area contributed by atoms with E-state index in [4.69, 9.17) is 5.73 Å². The summed E-state index contributed by atoms with van der Waals surface area (Å²) in [7, 11) is 0. The quantitative estimate of drug-likeness (QED) is 0.877. The molecule has 1 aliphatic rings. The van der Waals surface area contributed by atoms with Gasteiger partial charge in [0.2, 0.25) is 0 Å². The Labute approximate surface area is 120 Å². The van der Waals surface area contributed by atoms with Crippen LogP contribution in [-0.2, 0) is 6.54 Å². The Balaban J connectivity index is 1.75. The van der Waals surface area contributed by atoms with Gasteiger partial charge in [-0.3, -0.25) is 4.68 Å². The maximum absolute atomic E-state index is 5.87. The molecule has 1 aliphatic carbocycles. The van der Waals surface area contributed by atoms with Gasteiger partial charge in [0.25, 0.3) is 0 Å². The van der Waals surface area contributed by atoms with E-state index in [1.54, 1.807) is 0 Å². The molecule has 0 amide bonds. The molecule has 1 saturated carbocycles. The molecule has 1 aromatic carbocycles. The largest absolute Gasteiger partial charge is 0.382 e. The van der Waals surface area contributed by atoms with E-state index in [0.29, 0.717) is 12.0 Å². The van der Waals surface area contributed by atoms with Crippen LogP contribution in [0.3, 0.4) is 0 Å². The van der Waals surface area contributed by atoms with Crippen molar-refractivity contribution in [3.63, 3.8) is 0 Å². The molecule has 0 radical (unpaired) electrons. The lowest BCUT2D eigenvalue weighted by molar-refractivity contribution is 0.516. The maximum Gasteiger partial charge on any atom is 0.0679 e. The number of benzene rings is 1. The number of anilines is 1. The SMILES string of the molecule is NCC1CCCC1Nc1ccccc1Cn1cccn1. The summed E-state index contributed by atoms with van der Waals surface area (Å²) in [6.07, 6.45) is 7.56. The van der Waals surface area contributed by atoms with Crippen LogP contribution in [0.15, 0.2) is 42.7 Å². The molecule has 0 saturated heterocycles. The van der Waals surface area contributed by atoms with E-state index in [1.807, 2.05) is 23.1 Å². The van der Waals surface area contributed by atoms with E-state index in [1.165, 1.54) is 30.5 Å². The molecule has 106 valence electrons. The Morgan fingerprint density at radius 3 is 2.95 bits per heavy atom. The molecule has 0 bridgehead atoms. The lowest BCUT2D eigenvalue weighted by Crippen LogP contribution is -2.29. The van der Waals surface area contributed by atoms with Crippen LogP contribution in [0.5, 0.6) is 0 Å². The highest BCUT2D eigenvalue weighted by Crippen LogP contribution is 2.29. The first kappa shape index (κ1) is 13.2. The standard InChI is InChI=1S/C16H22N4/c17-11-13-6-3-8-15(13)19-16-7-2-1-5-14(16)12-20-10-4-9-18-20/h1-2,4-5,7,9-10,13,15,19H,3,6,8,11-12,17H2. The van der Waals surface area contributed by atoms with Crippen molar-refractivity contribution in [2.45, 2.75) is 31.8 Å². The van der Waals surface area contributed by atoms with Crippen molar-refractivity contribution < 1.29 is 0 Å². The summed E-state index contributed by atoms with van der Waals surface area (Å²) in [6, 6.07) is 11.0. The van der Waals surface area contributed by atoms with Crippen molar-refractivity contribution >= 4 is 5.69 Å². The van der Waals surface area contributed by atoms with Gasteiger partial charge in [-0.15, -0.1) is 0 Å². The van der Waals surface area contributed by atoms with Gasteiger partial charge in [0.1, 0.15) is 0 Å². The molecular formula is C16H22N4. The molecule has 1 heterocycles. The monoisotopic (exact) mass is 270 g/mol. The van der Waals surface area contributed by atoms with Crippen molar-refractivity contribution in [2.75, 3.05) is 11.9 Å². The summed E-state index contributed by atoms with van der Waals surface area (Å²) in [5, 5.41) is 7.99. The predicted octanol–water partition coefficient (Wildman–Crippen LogP) is 2.47. The molecule has 2 atom stereocenters. The van der Waals surface area contributed by atoms with Gasteiger partial charge in [-0.2, -0.15) is 5.10 Å². The molecule has 0 spiro atoms. The molecular weight excluding hydrogens is 248 g/mol. The number of nitrogens with zero attached hydrogens (tertiary/aromatic N) is 2. The van der Waals surface area contributed by atoms with Crippen molar-refractivity contribution in [1.82, 2.24) is 9.78 Å². The number of rotatable bonds is 5. The Hall–Kier alpha value is -1.81. The zero-order valence-electron chi connectivity index (χ0n) is 11.7. The van der Waals surface area contributed by atoms with Gasteiger partial charge in [0.15, 0.2) is 0 Å². The number of hydrogen-bond donors (Lipinski definition) is 2. The molecule has 2 aromatic rings. The van der Waals surface area contributed by atoms with Crippen LogP contribution in [0, 0.1) is 5.92 Å². The Kier molecular flexibility index (Phi) is 4.02. The lowest BCUT2D eigenvalue weighted by atomic mass is 10.0. The van der Waals surface area contributed by atoms with Gasteiger partial charge in [0.05, 0.1) is 6.54 Å². The molecule has 3 rings (SSSR count). The summed E-state index contributed by atoms with van der Waals surface area (Å²) in [5.41, 5.74) is 8.36. The normalized spacial score (nSPS) is 22.1. The Bertz CT molecular complexity index is 535. The highest BCUT2D eigenvalue weighted by atomic mass is 15.3. The average molecular weight is 270 g/mol. The minimum absolute atomic E-state index is 0.513. The number of nitrogens with one attached hydrogen (secondary N) is 1.